The normalized spacial score (nSPS) is 15.2. The van der Waals surface area contributed by atoms with E-state index < -0.39 is 5.69 Å². The third-order valence-electron chi connectivity index (χ3n) is 4.35. The first-order valence-electron chi connectivity index (χ1n) is 7.55. The van der Waals surface area contributed by atoms with Gasteiger partial charge < -0.3 is 9.80 Å². The first kappa shape index (κ1) is 14.6. The van der Waals surface area contributed by atoms with Gasteiger partial charge >= 0.3 is 5.69 Å². The summed E-state index contributed by atoms with van der Waals surface area (Å²) in [7, 11) is 0. The van der Waals surface area contributed by atoms with Crippen molar-refractivity contribution in [3.8, 4) is 0 Å². The molecule has 6 heteroatoms. The fourth-order valence-corrected chi connectivity index (χ4v) is 2.92. The average molecular weight is 299 g/mol. The van der Waals surface area contributed by atoms with Crippen LogP contribution in [0.25, 0.3) is 0 Å². The molecule has 0 radical (unpaired) electrons. The van der Waals surface area contributed by atoms with Crippen LogP contribution in [0.5, 0.6) is 0 Å². The van der Waals surface area contributed by atoms with E-state index in [1.165, 1.54) is 16.8 Å². The number of piperazine rings is 1. The molecule has 0 spiro atoms. The molecule has 1 aromatic carbocycles. The molecule has 1 aliphatic heterocycles. The highest BCUT2D eigenvalue weighted by Crippen LogP contribution is 2.25. The molecule has 1 saturated heterocycles. The molecule has 0 bridgehead atoms. The Bertz CT molecular complexity index is 732. The monoisotopic (exact) mass is 299 g/mol. The van der Waals surface area contributed by atoms with Gasteiger partial charge in [-0.25, -0.2) is 9.89 Å². The molecule has 6 nitrogen and oxygen atoms in total. The predicted molar refractivity (Wildman–Crippen MR) is 87.7 cm³/mol. The van der Waals surface area contributed by atoms with E-state index in [0.717, 1.165) is 31.9 Å². The fourth-order valence-electron chi connectivity index (χ4n) is 2.92. The second-order valence-electron chi connectivity index (χ2n) is 5.74. The van der Waals surface area contributed by atoms with E-state index in [0.29, 0.717) is 5.82 Å². The van der Waals surface area contributed by atoms with Crippen LogP contribution in [0.15, 0.2) is 23.0 Å². The number of nitrogens with one attached hydrogen (secondary N) is 1. The summed E-state index contributed by atoms with van der Waals surface area (Å²) in [6.07, 6.45) is 0. The Labute approximate surface area is 129 Å². The summed E-state index contributed by atoms with van der Waals surface area (Å²) >= 11 is 0. The van der Waals surface area contributed by atoms with Crippen molar-refractivity contribution in [2.45, 2.75) is 20.8 Å². The van der Waals surface area contributed by atoms with E-state index in [-0.39, 0.29) is 0 Å². The van der Waals surface area contributed by atoms with Gasteiger partial charge in [0.05, 0.1) is 0 Å². The number of hydrogen-bond acceptors (Lipinski definition) is 5. The molecule has 2 heterocycles. The van der Waals surface area contributed by atoms with Gasteiger partial charge in [-0.1, -0.05) is 12.1 Å². The topological polar surface area (TPSA) is 65.1 Å². The first-order chi connectivity index (χ1) is 10.6. The van der Waals surface area contributed by atoms with Crippen LogP contribution in [-0.4, -0.2) is 41.4 Å². The van der Waals surface area contributed by atoms with Crippen molar-refractivity contribution in [1.82, 2.24) is 15.2 Å². The number of H-pyrrole nitrogens is 1. The van der Waals surface area contributed by atoms with Crippen LogP contribution >= 0.6 is 0 Å². The lowest BCUT2D eigenvalue weighted by Gasteiger charge is -2.37. The lowest BCUT2D eigenvalue weighted by atomic mass is 10.1. The van der Waals surface area contributed by atoms with Crippen molar-refractivity contribution >= 4 is 11.5 Å². The SMILES string of the molecule is Cc1cccc(N2CCN(c3nc(=O)[nH]nc3C)CC2)c1C. The summed E-state index contributed by atoms with van der Waals surface area (Å²) in [5.74, 6) is 0.698. The number of aryl methyl sites for hydroxylation is 2. The maximum atomic E-state index is 11.4. The number of nitrogens with zero attached hydrogens (tertiary/aromatic N) is 4. The maximum Gasteiger partial charge on any atom is 0.363 e. The van der Waals surface area contributed by atoms with Crippen molar-refractivity contribution in [2.24, 2.45) is 0 Å². The second kappa shape index (κ2) is 5.79. The Kier molecular flexibility index (Phi) is 3.83. The summed E-state index contributed by atoms with van der Waals surface area (Å²) in [5.41, 5.74) is 4.32. The highest BCUT2D eigenvalue weighted by Gasteiger charge is 2.21. The summed E-state index contributed by atoms with van der Waals surface area (Å²) in [4.78, 5) is 20.0. The summed E-state index contributed by atoms with van der Waals surface area (Å²) in [6, 6.07) is 6.43. The number of benzene rings is 1. The molecule has 0 saturated carbocycles. The third kappa shape index (κ3) is 2.68. The van der Waals surface area contributed by atoms with Gasteiger partial charge in [0, 0.05) is 31.9 Å². The Morgan fingerprint density at radius 2 is 1.73 bits per heavy atom. The minimum atomic E-state index is -0.391. The molecule has 0 aliphatic carbocycles. The average Bonchev–Trinajstić information content (AvgIpc) is 2.53. The fraction of sp³-hybridized carbons (Fsp3) is 0.438. The number of aromatic nitrogens is 3. The minimum Gasteiger partial charge on any atom is -0.368 e. The second-order valence-corrected chi connectivity index (χ2v) is 5.74. The Hall–Kier alpha value is -2.37. The van der Waals surface area contributed by atoms with Crippen LogP contribution in [-0.2, 0) is 0 Å². The van der Waals surface area contributed by atoms with Crippen LogP contribution in [0.3, 0.4) is 0 Å². The lowest BCUT2D eigenvalue weighted by molar-refractivity contribution is 0.638. The lowest BCUT2D eigenvalue weighted by Crippen LogP contribution is -2.47. The molecule has 1 fully saturated rings. The number of aromatic amines is 1. The highest BCUT2D eigenvalue weighted by atomic mass is 16.1. The van der Waals surface area contributed by atoms with Crippen LogP contribution in [0, 0.1) is 20.8 Å². The molecule has 1 N–H and O–H groups in total. The largest absolute Gasteiger partial charge is 0.368 e. The zero-order valence-electron chi connectivity index (χ0n) is 13.3. The summed E-state index contributed by atoms with van der Waals surface area (Å²) in [5, 5.41) is 6.38. The van der Waals surface area contributed by atoms with Gasteiger partial charge in [0.1, 0.15) is 5.69 Å². The van der Waals surface area contributed by atoms with Crippen LogP contribution < -0.4 is 15.5 Å². The van der Waals surface area contributed by atoms with Crippen molar-refractivity contribution in [1.29, 1.82) is 0 Å². The molecule has 2 aromatic rings. The van der Waals surface area contributed by atoms with Crippen LogP contribution in [0.4, 0.5) is 11.5 Å². The highest BCUT2D eigenvalue weighted by molar-refractivity contribution is 5.57. The van der Waals surface area contributed by atoms with Gasteiger partial charge in [-0.15, -0.1) is 0 Å². The molecule has 1 aromatic heterocycles. The molecule has 3 rings (SSSR count). The quantitative estimate of drug-likeness (QED) is 0.908. The molecule has 0 atom stereocenters. The van der Waals surface area contributed by atoms with Crippen LogP contribution in [0.1, 0.15) is 16.8 Å². The minimum absolute atomic E-state index is 0.391. The zero-order chi connectivity index (χ0) is 15.7. The van der Waals surface area contributed by atoms with Gasteiger partial charge in [0.25, 0.3) is 0 Å². The third-order valence-corrected chi connectivity index (χ3v) is 4.35. The summed E-state index contributed by atoms with van der Waals surface area (Å²) < 4.78 is 0. The molecule has 0 unspecified atom stereocenters. The molecule has 22 heavy (non-hydrogen) atoms. The van der Waals surface area contributed by atoms with Gasteiger partial charge in [0.15, 0.2) is 5.82 Å². The first-order valence-corrected chi connectivity index (χ1v) is 7.55. The van der Waals surface area contributed by atoms with Crippen molar-refractivity contribution < 1.29 is 0 Å². The summed E-state index contributed by atoms with van der Waals surface area (Å²) in [6.45, 7) is 9.69. The van der Waals surface area contributed by atoms with Gasteiger partial charge in [0.2, 0.25) is 0 Å². The molecule has 116 valence electrons. The van der Waals surface area contributed by atoms with Crippen molar-refractivity contribution in [3.05, 3.63) is 45.5 Å². The Morgan fingerprint density at radius 3 is 2.45 bits per heavy atom. The molecular formula is C16H21N5O. The van der Waals surface area contributed by atoms with Crippen LogP contribution in [0.2, 0.25) is 0 Å². The van der Waals surface area contributed by atoms with Gasteiger partial charge in [-0.2, -0.15) is 10.1 Å². The van der Waals surface area contributed by atoms with E-state index in [1.54, 1.807) is 0 Å². The van der Waals surface area contributed by atoms with E-state index in [1.807, 2.05) is 6.92 Å². The van der Waals surface area contributed by atoms with E-state index in [9.17, 15) is 4.79 Å². The van der Waals surface area contributed by atoms with Gasteiger partial charge in [-0.05, 0) is 38.0 Å². The van der Waals surface area contributed by atoms with E-state index in [2.05, 4.69) is 57.0 Å². The van der Waals surface area contributed by atoms with E-state index >= 15 is 0 Å². The Balaban J connectivity index is 1.76. The number of rotatable bonds is 2. The number of hydrogen-bond donors (Lipinski definition) is 1. The predicted octanol–water partition coefficient (Wildman–Crippen LogP) is 1.42. The molecular weight excluding hydrogens is 278 g/mol. The van der Waals surface area contributed by atoms with Crippen molar-refractivity contribution in [3.63, 3.8) is 0 Å². The smallest absolute Gasteiger partial charge is 0.363 e. The van der Waals surface area contributed by atoms with E-state index in [4.69, 9.17) is 0 Å². The maximum absolute atomic E-state index is 11.4. The van der Waals surface area contributed by atoms with Gasteiger partial charge in [-0.3, -0.25) is 0 Å². The number of anilines is 2. The van der Waals surface area contributed by atoms with Crippen molar-refractivity contribution in [2.75, 3.05) is 36.0 Å². The molecule has 0 amide bonds. The molecule has 1 aliphatic rings. The zero-order valence-corrected chi connectivity index (χ0v) is 13.3. The Morgan fingerprint density at radius 1 is 1.05 bits per heavy atom. The standard InChI is InChI=1S/C16H21N5O/c1-11-5-4-6-14(12(11)2)20-7-9-21(10-8-20)15-13(3)18-19-16(22)17-15/h4-6H,7-10H2,1-3H3,(H,17,19,22).